The zero-order chi connectivity index (χ0) is 10.0. The molecule has 0 saturated heterocycles. The number of H-pyrrole nitrogens is 2. The molecule has 0 saturated carbocycles. The summed E-state index contributed by atoms with van der Waals surface area (Å²) in [6.45, 7) is 1.73. The molecule has 1 rings (SSSR count). The van der Waals surface area contributed by atoms with Crippen LogP contribution in [0.25, 0.3) is 0 Å². The van der Waals surface area contributed by atoms with E-state index in [9.17, 15) is 9.59 Å². The summed E-state index contributed by atoms with van der Waals surface area (Å²) in [4.78, 5) is 26.2. The van der Waals surface area contributed by atoms with E-state index in [0.717, 1.165) is 0 Å². The Bertz CT molecular complexity index is 368. The lowest BCUT2D eigenvalue weighted by molar-refractivity contribution is -0.137. The molecule has 72 valence electrons. The van der Waals surface area contributed by atoms with Gasteiger partial charge in [0.2, 0.25) is 0 Å². The third-order valence-electron chi connectivity index (χ3n) is 1.68. The Kier molecular flexibility index (Phi) is 2.92. The van der Waals surface area contributed by atoms with Gasteiger partial charge in [-0.2, -0.15) is 0 Å². The van der Waals surface area contributed by atoms with Crippen molar-refractivity contribution in [3.8, 4) is 0 Å². The number of hydrogen-bond acceptors (Lipinski definition) is 2. The molecule has 0 aliphatic carbocycles. The van der Waals surface area contributed by atoms with E-state index in [1.165, 1.54) is 0 Å². The Morgan fingerprint density at radius 1 is 1.62 bits per heavy atom. The van der Waals surface area contributed by atoms with Gasteiger partial charge in [-0.1, -0.05) is 6.92 Å². The van der Waals surface area contributed by atoms with Gasteiger partial charge in [-0.25, -0.2) is 4.79 Å². The van der Waals surface area contributed by atoms with E-state index in [2.05, 4.69) is 25.9 Å². The van der Waals surface area contributed by atoms with E-state index in [-0.39, 0.29) is 18.0 Å². The zero-order valence-electron chi connectivity index (χ0n) is 6.93. The average molecular weight is 249 g/mol. The van der Waals surface area contributed by atoms with Crippen LogP contribution in [0.3, 0.4) is 0 Å². The topological polar surface area (TPSA) is 85.9 Å². The summed E-state index contributed by atoms with van der Waals surface area (Å²) in [6.07, 6.45) is -0.00755. The van der Waals surface area contributed by atoms with Crippen LogP contribution in [0.15, 0.2) is 9.40 Å². The quantitative estimate of drug-likeness (QED) is 0.748. The second-order valence-corrected chi connectivity index (χ2v) is 3.60. The van der Waals surface area contributed by atoms with Crippen LogP contribution in [0.5, 0.6) is 0 Å². The molecule has 0 bridgehead atoms. The molecule has 1 aromatic rings. The molecule has 1 atom stereocenters. The Hall–Kier alpha value is -1.04. The summed E-state index contributed by atoms with van der Waals surface area (Å²) < 4.78 is 0.520. The van der Waals surface area contributed by atoms with Gasteiger partial charge in [-0.15, -0.1) is 0 Å². The number of rotatable bonds is 3. The number of carbonyl (C=O) groups is 1. The maximum absolute atomic E-state index is 10.8. The molecule has 0 fully saturated rings. The molecule has 0 amide bonds. The summed E-state index contributed by atoms with van der Waals surface area (Å²) >= 11 is 3.13. The number of halogens is 1. The predicted molar refractivity (Wildman–Crippen MR) is 49.8 cm³/mol. The largest absolute Gasteiger partial charge is 0.481 e. The van der Waals surface area contributed by atoms with Crippen LogP contribution in [-0.4, -0.2) is 21.0 Å². The van der Waals surface area contributed by atoms with Crippen molar-refractivity contribution < 1.29 is 9.90 Å². The average Bonchev–Trinajstić information content (AvgIpc) is 2.28. The van der Waals surface area contributed by atoms with Crippen LogP contribution in [0.1, 0.15) is 25.0 Å². The third-order valence-corrected chi connectivity index (χ3v) is 2.31. The highest BCUT2D eigenvalue weighted by Crippen LogP contribution is 2.22. The van der Waals surface area contributed by atoms with Gasteiger partial charge in [0.25, 0.3) is 0 Å². The van der Waals surface area contributed by atoms with Crippen molar-refractivity contribution in [2.45, 2.75) is 19.3 Å². The van der Waals surface area contributed by atoms with Crippen LogP contribution >= 0.6 is 15.9 Å². The maximum Gasteiger partial charge on any atom is 0.323 e. The number of nitrogens with one attached hydrogen (secondary N) is 2. The van der Waals surface area contributed by atoms with Crippen molar-refractivity contribution in [2.24, 2.45) is 0 Å². The van der Waals surface area contributed by atoms with Crippen molar-refractivity contribution in [1.29, 1.82) is 0 Å². The van der Waals surface area contributed by atoms with E-state index in [1.54, 1.807) is 6.92 Å². The molecule has 6 heteroatoms. The molecule has 0 radical (unpaired) electrons. The van der Waals surface area contributed by atoms with E-state index >= 15 is 0 Å². The molecule has 1 aromatic heterocycles. The zero-order valence-corrected chi connectivity index (χ0v) is 8.51. The Labute approximate surface area is 82.3 Å². The van der Waals surface area contributed by atoms with Gasteiger partial charge in [0.1, 0.15) is 4.60 Å². The van der Waals surface area contributed by atoms with Gasteiger partial charge < -0.3 is 15.1 Å². The molecule has 0 aliphatic rings. The molecule has 1 unspecified atom stereocenters. The molecule has 13 heavy (non-hydrogen) atoms. The minimum atomic E-state index is -0.888. The number of carboxylic acids is 1. The van der Waals surface area contributed by atoms with Crippen molar-refractivity contribution in [1.82, 2.24) is 9.97 Å². The number of aliphatic carboxylic acids is 1. The monoisotopic (exact) mass is 248 g/mol. The van der Waals surface area contributed by atoms with Gasteiger partial charge in [0.05, 0.1) is 12.1 Å². The number of aromatic amines is 2. The van der Waals surface area contributed by atoms with Crippen molar-refractivity contribution >= 4 is 21.9 Å². The fourth-order valence-electron chi connectivity index (χ4n) is 1.08. The smallest absolute Gasteiger partial charge is 0.323 e. The number of carboxylic acid groups (broad SMARTS) is 1. The van der Waals surface area contributed by atoms with E-state index < -0.39 is 5.97 Å². The van der Waals surface area contributed by atoms with Gasteiger partial charge in [-0.3, -0.25) is 4.79 Å². The number of aromatic nitrogens is 2. The first-order chi connectivity index (χ1) is 6.00. The lowest BCUT2D eigenvalue weighted by Gasteiger charge is -2.05. The summed E-state index contributed by atoms with van der Waals surface area (Å²) in [6, 6.07) is 0. The fraction of sp³-hybridized carbons (Fsp3) is 0.429. The van der Waals surface area contributed by atoms with Crippen LogP contribution in [0.2, 0.25) is 0 Å². The second-order valence-electron chi connectivity index (χ2n) is 2.81. The lowest BCUT2D eigenvalue weighted by atomic mass is 10.1. The van der Waals surface area contributed by atoms with Crippen molar-refractivity contribution in [3.63, 3.8) is 0 Å². The van der Waals surface area contributed by atoms with Gasteiger partial charge in [0, 0.05) is 5.92 Å². The first kappa shape index (κ1) is 10.0. The molecule has 0 aromatic carbocycles. The summed E-state index contributed by atoms with van der Waals surface area (Å²) in [5, 5.41) is 8.53. The standard InChI is InChI=1S/C7H9BrN2O3/c1-3(2-4(11)12)5-6(8)10-7(13)9-5/h3H,2H2,1H3,(H,11,12)(H2,9,10,13). The predicted octanol–water partition coefficient (Wildman–Crippen LogP) is 1.04. The van der Waals surface area contributed by atoms with Gasteiger partial charge in [-0.05, 0) is 15.9 Å². The number of hydrogen-bond donors (Lipinski definition) is 3. The first-order valence-corrected chi connectivity index (χ1v) is 4.49. The molecule has 0 spiro atoms. The lowest BCUT2D eigenvalue weighted by Crippen LogP contribution is -2.06. The molecule has 5 nitrogen and oxygen atoms in total. The molecule has 3 N–H and O–H groups in total. The summed E-state index contributed by atoms with van der Waals surface area (Å²) in [7, 11) is 0. The number of imidazole rings is 1. The normalized spacial score (nSPS) is 12.8. The van der Waals surface area contributed by atoms with Crippen molar-refractivity contribution in [3.05, 3.63) is 20.8 Å². The second kappa shape index (κ2) is 3.78. The van der Waals surface area contributed by atoms with Crippen LogP contribution < -0.4 is 5.69 Å². The summed E-state index contributed by atoms with van der Waals surface area (Å²) in [5.41, 5.74) is 0.256. The maximum atomic E-state index is 10.8. The highest BCUT2D eigenvalue weighted by molar-refractivity contribution is 9.10. The Balaban J connectivity index is 2.88. The fourth-order valence-corrected chi connectivity index (χ4v) is 1.75. The van der Waals surface area contributed by atoms with E-state index in [1.807, 2.05) is 0 Å². The van der Waals surface area contributed by atoms with E-state index in [4.69, 9.17) is 5.11 Å². The van der Waals surface area contributed by atoms with Crippen molar-refractivity contribution in [2.75, 3.05) is 0 Å². The van der Waals surface area contributed by atoms with Crippen LogP contribution in [-0.2, 0) is 4.79 Å². The molecular formula is C7H9BrN2O3. The third kappa shape index (κ3) is 2.45. The Morgan fingerprint density at radius 3 is 2.62 bits per heavy atom. The highest BCUT2D eigenvalue weighted by Gasteiger charge is 2.15. The van der Waals surface area contributed by atoms with E-state index in [0.29, 0.717) is 10.3 Å². The SMILES string of the molecule is CC(CC(=O)O)c1[nH]c(=O)[nH]c1Br. The highest BCUT2D eigenvalue weighted by atomic mass is 79.9. The molecule has 1 heterocycles. The molecule has 0 aliphatic heterocycles. The minimum absolute atomic E-state index is 0.00755. The van der Waals surface area contributed by atoms with Gasteiger partial charge >= 0.3 is 11.7 Å². The summed E-state index contributed by atoms with van der Waals surface area (Å²) in [5.74, 6) is -1.10. The minimum Gasteiger partial charge on any atom is -0.481 e. The van der Waals surface area contributed by atoms with Crippen LogP contribution in [0, 0.1) is 0 Å². The Morgan fingerprint density at radius 2 is 2.23 bits per heavy atom. The molecular weight excluding hydrogens is 240 g/mol. The van der Waals surface area contributed by atoms with Gasteiger partial charge in [0.15, 0.2) is 0 Å². The van der Waals surface area contributed by atoms with Crippen LogP contribution in [0.4, 0.5) is 0 Å². The first-order valence-electron chi connectivity index (χ1n) is 3.70.